The summed E-state index contributed by atoms with van der Waals surface area (Å²) < 4.78 is 9.97. The highest BCUT2D eigenvalue weighted by Crippen LogP contribution is 2.14. The number of carbonyl (C=O) groups excluding carboxylic acids is 1. The van der Waals surface area contributed by atoms with E-state index in [4.69, 9.17) is 10.5 Å². The van der Waals surface area contributed by atoms with E-state index in [2.05, 4.69) is 4.74 Å². The van der Waals surface area contributed by atoms with E-state index in [-0.39, 0.29) is 12.0 Å². The fourth-order valence-corrected chi connectivity index (χ4v) is 1.06. The third-order valence-electron chi connectivity index (χ3n) is 1.77. The van der Waals surface area contributed by atoms with Crippen LogP contribution in [0, 0.1) is 0 Å². The molecule has 0 heterocycles. The molecule has 0 saturated carbocycles. The molecule has 4 nitrogen and oxygen atoms in total. The molecule has 0 aliphatic carbocycles. The molecule has 82 valence electrons. The van der Waals surface area contributed by atoms with Crippen molar-refractivity contribution in [3.8, 4) is 5.75 Å². The zero-order valence-electron chi connectivity index (χ0n) is 8.90. The van der Waals surface area contributed by atoms with Crippen LogP contribution in [-0.2, 0) is 4.74 Å². The largest absolute Gasteiger partial charge is 0.492 e. The van der Waals surface area contributed by atoms with Gasteiger partial charge in [0, 0.05) is 6.04 Å². The summed E-state index contributed by atoms with van der Waals surface area (Å²) in [4.78, 5) is 11.2. The molecule has 0 radical (unpaired) electrons. The van der Waals surface area contributed by atoms with Gasteiger partial charge >= 0.3 is 5.97 Å². The van der Waals surface area contributed by atoms with Crippen LogP contribution in [0.5, 0.6) is 5.75 Å². The lowest BCUT2D eigenvalue weighted by Crippen LogP contribution is -2.23. The number of hydrogen-bond acceptors (Lipinski definition) is 4. The number of benzene rings is 1. The molecule has 0 unspecified atom stereocenters. The van der Waals surface area contributed by atoms with Gasteiger partial charge in [-0.2, -0.15) is 0 Å². The molecule has 0 fully saturated rings. The van der Waals surface area contributed by atoms with E-state index in [1.807, 2.05) is 6.92 Å². The summed E-state index contributed by atoms with van der Waals surface area (Å²) in [5, 5.41) is 0. The second kappa shape index (κ2) is 5.36. The topological polar surface area (TPSA) is 61.5 Å². The van der Waals surface area contributed by atoms with Crippen LogP contribution in [0.15, 0.2) is 24.3 Å². The van der Waals surface area contributed by atoms with Crippen molar-refractivity contribution in [1.29, 1.82) is 0 Å². The molecule has 2 N–H and O–H groups in total. The maximum atomic E-state index is 11.2. The average molecular weight is 209 g/mol. The summed E-state index contributed by atoms with van der Waals surface area (Å²) in [7, 11) is 1.35. The molecule has 0 bridgehead atoms. The second-order valence-corrected chi connectivity index (χ2v) is 3.31. The van der Waals surface area contributed by atoms with Crippen molar-refractivity contribution in [1.82, 2.24) is 0 Å². The molecule has 0 saturated heterocycles. The zero-order valence-corrected chi connectivity index (χ0v) is 8.90. The van der Waals surface area contributed by atoms with Gasteiger partial charge < -0.3 is 15.2 Å². The predicted molar refractivity (Wildman–Crippen MR) is 56.9 cm³/mol. The Kier molecular flexibility index (Phi) is 4.12. The highest BCUT2D eigenvalue weighted by molar-refractivity contribution is 5.89. The summed E-state index contributed by atoms with van der Waals surface area (Å²) in [6.07, 6.45) is 0. The summed E-state index contributed by atoms with van der Waals surface area (Å²) in [6, 6.07) is 6.78. The van der Waals surface area contributed by atoms with Gasteiger partial charge in [0.1, 0.15) is 12.4 Å². The van der Waals surface area contributed by atoms with Crippen LogP contribution in [0.4, 0.5) is 0 Å². The Morgan fingerprint density at radius 2 is 2.27 bits per heavy atom. The van der Waals surface area contributed by atoms with E-state index < -0.39 is 0 Å². The molecule has 1 aromatic rings. The molecule has 1 atom stereocenters. The third-order valence-corrected chi connectivity index (χ3v) is 1.77. The molecule has 15 heavy (non-hydrogen) atoms. The molecule has 1 aromatic carbocycles. The third kappa shape index (κ3) is 3.59. The lowest BCUT2D eigenvalue weighted by atomic mass is 10.2. The van der Waals surface area contributed by atoms with Crippen molar-refractivity contribution in [2.24, 2.45) is 5.73 Å². The Bertz CT molecular complexity index is 336. The normalized spacial score (nSPS) is 11.9. The van der Waals surface area contributed by atoms with Crippen molar-refractivity contribution >= 4 is 5.97 Å². The highest BCUT2D eigenvalue weighted by Gasteiger charge is 2.06. The van der Waals surface area contributed by atoms with E-state index in [0.29, 0.717) is 17.9 Å². The summed E-state index contributed by atoms with van der Waals surface area (Å²) in [6.45, 7) is 2.27. The van der Waals surface area contributed by atoms with E-state index in [9.17, 15) is 4.79 Å². The Hall–Kier alpha value is -1.55. The lowest BCUT2D eigenvalue weighted by Gasteiger charge is -2.09. The van der Waals surface area contributed by atoms with Gasteiger partial charge in [0.2, 0.25) is 0 Å². The fourth-order valence-electron chi connectivity index (χ4n) is 1.06. The molecule has 4 heteroatoms. The first-order chi connectivity index (χ1) is 7.13. The van der Waals surface area contributed by atoms with Crippen LogP contribution in [0.3, 0.4) is 0 Å². The van der Waals surface area contributed by atoms with E-state index in [0.717, 1.165) is 0 Å². The van der Waals surface area contributed by atoms with Gasteiger partial charge in [0.25, 0.3) is 0 Å². The number of esters is 1. The first-order valence-electron chi connectivity index (χ1n) is 4.70. The second-order valence-electron chi connectivity index (χ2n) is 3.31. The maximum Gasteiger partial charge on any atom is 0.337 e. The summed E-state index contributed by atoms with van der Waals surface area (Å²) >= 11 is 0. The van der Waals surface area contributed by atoms with Gasteiger partial charge in [-0.05, 0) is 25.1 Å². The lowest BCUT2D eigenvalue weighted by molar-refractivity contribution is 0.0600. The minimum absolute atomic E-state index is 0.0354. The molecular weight excluding hydrogens is 194 g/mol. The van der Waals surface area contributed by atoms with Crippen LogP contribution >= 0.6 is 0 Å². The molecular formula is C11H15NO3. The molecule has 1 rings (SSSR count). The number of hydrogen-bond donors (Lipinski definition) is 1. The monoisotopic (exact) mass is 209 g/mol. The van der Waals surface area contributed by atoms with E-state index >= 15 is 0 Å². The quantitative estimate of drug-likeness (QED) is 0.757. The number of nitrogens with two attached hydrogens (primary N) is 1. The van der Waals surface area contributed by atoms with Crippen molar-refractivity contribution < 1.29 is 14.3 Å². The Balaban J connectivity index is 2.70. The van der Waals surface area contributed by atoms with Gasteiger partial charge in [-0.1, -0.05) is 6.07 Å². The predicted octanol–water partition coefficient (Wildman–Crippen LogP) is 1.20. The first-order valence-corrected chi connectivity index (χ1v) is 4.70. The van der Waals surface area contributed by atoms with Gasteiger partial charge in [0.05, 0.1) is 12.7 Å². The van der Waals surface area contributed by atoms with Gasteiger partial charge in [-0.15, -0.1) is 0 Å². The zero-order chi connectivity index (χ0) is 11.3. The van der Waals surface area contributed by atoms with Crippen molar-refractivity contribution in [3.05, 3.63) is 29.8 Å². The maximum absolute atomic E-state index is 11.2. The van der Waals surface area contributed by atoms with Crippen molar-refractivity contribution in [2.75, 3.05) is 13.7 Å². The number of carbonyl (C=O) groups is 1. The standard InChI is InChI=1S/C11H15NO3/c1-8(12)7-15-10-5-3-4-9(6-10)11(13)14-2/h3-6,8H,7,12H2,1-2H3/t8-/m0/s1. The SMILES string of the molecule is COC(=O)c1cccc(OC[C@H](C)N)c1. The van der Waals surface area contributed by atoms with Crippen molar-refractivity contribution in [2.45, 2.75) is 13.0 Å². The minimum atomic E-state index is -0.374. The highest BCUT2D eigenvalue weighted by atomic mass is 16.5. The molecule has 0 spiro atoms. The van der Waals surface area contributed by atoms with Gasteiger partial charge in [-0.3, -0.25) is 0 Å². The summed E-state index contributed by atoms with van der Waals surface area (Å²) in [5.74, 6) is 0.247. The molecule has 0 amide bonds. The molecule has 0 aliphatic rings. The van der Waals surface area contributed by atoms with Crippen LogP contribution < -0.4 is 10.5 Å². The fraction of sp³-hybridized carbons (Fsp3) is 0.364. The van der Waals surface area contributed by atoms with Crippen LogP contribution in [-0.4, -0.2) is 25.7 Å². The van der Waals surface area contributed by atoms with Crippen LogP contribution in [0.2, 0.25) is 0 Å². The van der Waals surface area contributed by atoms with E-state index in [1.165, 1.54) is 7.11 Å². The van der Waals surface area contributed by atoms with Crippen LogP contribution in [0.25, 0.3) is 0 Å². The van der Waals surface area contributed by atoms with Crippen molar-refractivity contribution in [3.63, 3.8) is 0 Å². The Morgan fingerprint density at radius 3 is 2.87 bits per heavy atom. The average Bonchev–Trinajstić information content (AvgIpc) is 2.25. The molecule has 0 aliphatic heterocycles. The molecule has 0 aromatic heterocycles. The Morgan fingerprint density at radius 1 is 1.53 bits per heavy atom. The first kappa shape index (κ1) is 11.5. The minimum Gasteiger partial charge on any atom is -0.492 e. The van der Waals surface area contributed by atoms with Crippen LogP contribution in [0.1, 0.15) is 17.3 Å². The van der Waals surface area contributed by atoms with Gasteiger partial charge in [-0.25, -0.2) is 4.79 Å². The number of rotatable bonds is 4. The summed E-state index contributed by atoms with van der Waals surface area (Å²) in [5.41, 5.74) is 6.02. The Labute approximate surface area is 89.0 Å². The van der Waals surface area contributed by atoms with Gasteiger partial charge in [0.15, 0.2) is 0 Å². The van der Waals surface area contributed by atoms with E-state index in [1.54, 1.807) is 24.3 Å². The number of methoxy groups -OCH3 is 1. The number of ether oxygens (including phenoxy) is 2. The smallest absolute Gasteiger partial charge is 0.337 e.